The summed E-state index contributed by atoms with van der Waals surface area (Å²) in [6.45, 7) is 5.07. The maximum atomic E-state index is 3.88. The molecule has 0 aromatic carbocycles. The fourth-order valence-electron chi connectivity index (χ4n) is 7.81. The van der Waals surface area contributed by atoms with E-state index in [2.05, 4.69) is 18.3 Å². The van der Waals surface area contributed by atoms with Crippen molar-refractivity contribution in [2.45, 2.75) is 71.1 Å². The van der Waals surface area contributed by atoms with Gasteiger partial charge in [0.2, 0.25) is 0 Å². The standard InChI is InChI=1S/C20H31N/c1-15-9-19-8-7-18(14-21-13-15)6-4-17-3-2-5-20(17,19)12-16(10-18)11-19/h4,15-16,21H,2-3,5-14H2,1H3/b17-4-/t15-,16?,18?,19?,20?/m1/s1. The van der Waals surface area contributed by atoms with Gasteiger partial charge in [-0.15, -0.1) is 0 Å². The number of hydrogen-bond donors (Lipinski definition) is 1. The molecule has 21 heavy (non-hydrogen) atoms. The second-order valence-corrected chi connectivity index (χ2v) is 9.57. The minimum absolute atomic E-state index is 0.610. The van der Waals surface area contributed by atoms with Crippen molar-refractivity contribution in [2.75, 3.05) is 13.1 Å². The molecule has 116 valence electrons. The second-order valence-electron chi connectivity index (χ2n) is 9.57. The van der Waals surface area contributed by atoms with Gasteiger partial charge < -0.3 is 5.32 Å². The fraction of sp³-hybridized carbons (Fsp3) is 0.900. The molecular weight excluding hydrogens is 254 g/mol. The zero-order valence-corrected chi connectivity index (χ0v) is 13.7. The van der Waals surface area contributed by atoms with Crippen LogP contribution in [0.4, 0.5) is 0 Å². The van der Waals surface area contributed by atoms with Crippen LogP contribution in [0.1, 0.15) is 71.1 Å². The average molecular weight is 285 g/mol. The highest BCUT2D eigenvalue weighted by molar-refractivity contribution is 5.31. The molecule has 5 atom stereocenters. The van der Waals surface area contributed by atoms with Gasteiger partial charge in [-0.2, -0.15) is 0 Å². The Bertz CT molecular complexity index is 494. The maximum Gasteiger partial charge on any atom is 0.00110 e. The molecule has 4 bridgehead atoms. The first-order valence-electron chi connectivity index (χ1n) is 9.56. The summed E-state index contributed by atoms with van der Waals surface area (Å²) in [5.74, 6) is 1.91. The van der Waals surface area contributed by atoms with Gasteiger partial charge in [0.1, 0.15) is 0 Å². The molecule has 0 radical (unpaired) electrons. The Kier molecular flexibility index (Phi) is 2.61. The zero-order chi connectivity index (χ0) is 14.1. The first-order chi connectivity index (χ1) is 10.2. The Labute approximate surface area is 130 Å². The van der Waals surface area contributed by atoms with E-state index in [4.69, 9.17) is 0 Å². The first-order valence-corrected chi connectivity index (χ1v) is 9.56. The Morgan fingerprint density at radius 1 is 1.10 bits per heavy atom. The number of nitrogens with one attached hydrogen (secondary N) is 1. The van der Waals surface area contributed by atoms with Crippen LogP contribution in [0.5, 0.6) is 0 Å². The molecule has 0 aromatic heterocycles. The number of allylic oxidation sites excluding steroid dienone is 2. The molecule has 3 saturated carbocycles. The van der Waals surface area contributed by atoms with Gasteiger partial charge in [0.05, 0.1) is 0 Å². The summed E-state index contributed by atoms with van der Waals surface area (Å²) in [5.41, 5.74) is 3.89. The molecule has 5 aliphatic carbocycles. The van der Waals surface area contributed by atoms with Crippen molar-refractivity contribution >= 4 is 0 Å². The SMILES string of the molecule is C[C@H]1CNCC23C/C=C4/CCCC45CC(C2)CC5(CC3)C1. The quantitative estimate of drug-likeness (QED) is 0.637. The summed E-state index contributed by atoms with van der Waals surface area (Å²) in [5, 5.41) is 3.88. The summed E-state index contributed by atoms with van der Waals surface area (Å²) in [6, 6.07) is 0. The smallest absolute Gasteiger partial charge is 0.00110 e. The highest BCUT2D eigenvalue weighted by Crippen LogP contribution is 2.73. The topological polar surface area (TPSA) is 12.0 Å². The molecule has 4 fully saturated rings. The van der Waals surface area contributed by atoms with Crippen LogP contribution < -0.4 is 5.32 Å². The highest BCUT2D eigenvalue weighted by atomic mass is 14.9. The van der Waals surface area contributed by atoms with Gasteiger partial charge >= 0.3 is 0 Å². The van der Waals surface area contributed by atoms with Crippen LogP contribution in [0.25, 0.3) is 0 Å². The molecule has 6 rings (SSSR count). The molecule has 0 amide bonds. The average Bonchev–Trinajstić information content (AvgIpc) is 2.92. The van der Waals surface area contributed by atoms with Crippen LogP contribution in [0.15, 0.2) is 11.6 Å². The molecule has 0 aromatic rings. The molecule has 1 aliphatic heterocycles. The van der Waals surface area contributed by atoms with Gasteiger partial charge in [0, 0.05) is 6.54 Å². The van der Waals surface area contributed by atoms with E-state index in [0.717, 1.165) is 11.8 Å². The van der Waals surface area contributed by atoms with E-state index in [1.165, 1.54) is 58.0 Å². The third-order valence-electron chi connectivity index (χ3n) is 8.37. The molecule has 1 heteroatoms. The minimum Gasteiger partial charge on any atom is -0.316 e. The van der Waals surface area contributed by atoms with Gasteiger partial charge in [-0.25, -0.2) is 0 Å². The largest absolute Gasteiger partial charge is 0.316 e. The molecule has 4 unspecified atom stereocenters. The lowest BCUT2D eigenvalue weighted by Crippen LogP contribution is -2.41. The van der Waals surface area contributed by atoms with Crippen LogP contribution in [0.2, 0.25) is 0 Å². The number of fused-ring (bicyclic) bond motifs is 1. The fourth-order valence-corrected chi connectivity index (χ4v) is 7.81. The van der Waals surface area contributed by atoms with Crippen LogP contribution >= 0.6 is 0 Å². The zero-order valence-electron chi connectivity index (χ0n) is 13.7. The van der Waals surface area contributed by atoms with Crippen molar-refractivity contribution < 1.29 is 0 Å². The van der Waals surface area contributed by atoms with Gasteiger partial charge in [-0.1, -0.05) is 18.6 Å². The van der Waals surface area contributed by atoms with Crippen molar-refractivity contribution in [1.29, 1.82) is 0 Å². The lowest BCUT2D eigenvalue weighted by Gasteiger charge is -2.50. The summed E-state index contributed by atoms with van der Waals surface area (Å²) >= 11 is 0. The van der Waals surface area contributed by atoms with Crippen molar-refractivity contribution in [2.24, 2.45) is 28.1 Å². The third kappa shape index (κ3) is 1.62. The summed E-state index contributed by atoms with van der Waals surface area (Å²) in [4.78, 5) is 0. The van der Waals surface area contributed by atoms with E-state index in [-0.39, 0.29) is 0 Å². The van der Waals surface area contributed by atoms with Crippen molar-refractivity contribution in [3.05, 3.63) is 11.6 Å². The first kappa shape index (κ1) is 13.2. The summed E-state index contributed by atoms with van der Waals surface area (Å²) < 4.78 is 0. The minimum atomic E-state index is 0.610. The Hall–Kier alpha value is -0.300. The van der Waals surface area contributed by atoms with Crippen LogP contribution in [0.3, 0.4) is 0 Å². The van der Waals surface area contributed by atoms with Crippen LogP contribution in [-0.2, 0) is 0 Å². The van der Waals surface area contributed by atoms with E-state index in [1.807, 2.05) is 5.57 Å². The van der Waals surface area contributed by atoms with Crippen molar-refractivity contribution in [3.8, 4) is 0 Å². The van der Waals surface area contributed by atoms with E-state index in [1.54, 1.807) is 19.3 Å². The predicted octanol–water partition coefficient (Wildman–Crippen LogP) is 4.68. The lowest BCUT2D eigenvalue weighted by atomic mass is 9.54. The lowest BCUT2D eigenvalue weighted by molar-refractivity contribution is 0.0520. The summed E-state index contributed by atoms with van der Waals surface area (Å²) in [7, 11) is 0. The Balaban J connectivity index is 1.73. The monoisotopic (exact) mass is 285 g/mol. The van der Waals surface area contributed by atoms with E-state index < -0.39 is 0 Å². The molecular formula is C20H31N. The van der Waals surface area contributed by atoms with Gasteiger partial charge in [0.15, 0.2) is 0 Å². The normalized spacial score (nSPS) is 57.7. The van der Waals surface area contributed by atoms with E-state index >= 15 is 0 Å². The van der Waals surface area contributed by atoms with Gasteiger partial charge in [-0.05, 0) is 98.8 Å². The second kappa shape index (κ2) is 4.16. The van der Waals surface area contributed by atoms with E-state index in [9.17, 15) is 0 Å². The number of hydrogen-bond acceptors (Lipinski definition) is 1. The van der Waals surface area contributed by atoms with E-state index in [0.29, 0.717) is 16.2 Å². The third-order valence-corrected chi connectivity index (χ3v) is 8.37. The summed E-state index contributed by atoms with van der Waals surface area (Å²) in [6.07, 6.45) is 17.8. The molecule has 1 heterocycles. The van der Waals surface area contributed by atoms with Crippen LogP contribution in [0, 0.1) is 28.1 Å². The predicted molar refractivity (Wildman–Crippen MR) is 87.1 cm³/mol. The van der Waals surface area contributed by atoms with Crippen molar-refractivity contribution in [1.82, 2.24) is 5.32 Å². The highest BCUT2D eigenvalue weighted by Gasteiger charge is 2.63. The molecule has 1 saturated heterocycles. The van der Waals surface area contributed by atoms with Crippen molar-refractivity contribution in [3.63, 3.8) is 0 Å². The molecule has 1 N–H and O–H groups in total. The molecule has 6 aliphatic rings. The Morgan fingerprint density at radius 2 is 2.05 bits per heavy atom. The number of rotatable bonds is 0. The Morgan fingerprint density at radius 3 is 3.00 bits per heavy atom. The molecule has 3 spiro atoms. The van der Waals surface area contributed by atoms with Crippen LogP contribution in [-0.4, -0.2) is 13.1 Å². The molecule has 1 nitrogen and oxygen atoms in total. The van der Waals surface area contributed by atoms with Gasteiger partial charge in [-0.3, -0.25) is 0 Å². The maximum absolute atomic E-state index is 3.88. The van der Waals surface area contributed by atoms with Gasteiger partial charge in [0.25, 0.3) is 0 Å².